The number of halogens is 8. The fraction of sp³-hybridized carbons (Fsp3) is 0.333. The van der Waals surface area contributed by atoms with Crippen molar-refractivity contribution in [3.05, 3.63) is 180 Å². The van der Waals surface area contributed by atoms with E-state index in [1.165, 1.54) is 147 Å². The predicted molar refractivity (Wildman–Crippen MR) is 448 cm³/mol. The van der Waals surface area contributed by atoms with Gasteiger partial charge in [0.2, 0.25) is 0 Å². The molecule has 0 atom stereocenters. The van der Waals surface area contributed by atoms with Crippen LogP contribution in [0.2, 0.25) is 0 Å². The highest BCUT2D eigenvalue weighted by molar-refractivity contribution is 9.11. The van der Waals surface area contributed by atoms with Gasteiger partial charge in [0.1, 0.15) is 46.3 Å². The number of benzene rings is 6. The molecule has 0 amide bonds. The zero-order valence-electron chi connectivity index (χ0n) is 63.1. The second kappa shape index (κ2) is 54.9. The molecule has 4 aliphatic rings. The Morgan fingerprint density at radius 2 is 0.922 bits per heavy atom. The van der Waals surface area contributed by atoms with Crippen molar-refractivity contribution in [2.75, 3.05) is 152 Å². The lowest BCUT2D eigenvalue weighted by Gasteiger charge is -2.27. The summed E-state index contributed by atoms with van der Waals surface area (Å²) in [5, 5.41) is 49.1. The number of carbonyl (C=O) groups excluding carboxylic acids is 8. The zero-order chi connectivity index (χ0) is 85.3. The maximum absolute atomic E-state index is 12.4. The van der Waals surface area contributed by atoms with E-state index in [4.69, 9.17) is 78.8 Å². The SMILES string of the molecule is C1COCCN1.CC(=O)c1cc(C(=O)O)cc(Br)c1O.COC(=O)c1cc(Br)c(O)c(C(C)=O)c1.COC(=O)c1cc(Br)c2oc(N3CCOCC3)cc(=O)c2c1.COC(=O)c1ccc(O)c(Br)c1.COC(=O)c1ccc(O)cc1.COC(=O)c1ccc(OC(C)=O)c(Br)c1.CSC(=S)N1CCOCC1.ClC(Cl)=[N+]1CCOCC1.[Cl-]. The molecule has 7 aromatic rings. The summed E-state index contributed by atoms with van der Waals surface area (Å²) in [7, 11) is 6.47. The molecule has 115 heavy (non-hydrogen) atoms. The molecule has 6 N–H and O–H groups in total. The third-order valence-corrected chi connectivity index (χ3v) is 19.8. The van der Waals surface area contributed by atoms with Crippen LogP contribution in [0.1, 0.15) is 104 Å². The highest BCUT2D eigenvalue weighted by Gasteiger charge is 2.22. The molecule has 1 aromatic heterocycles. The Labute approximate surface area is 729 Å². The summed E-state index contributed by atoms with van der Waals surface area (Å²) in [6.07, 6.45) is 2.01. The molecular weight excluding hydrogens is 1940 g/mol. The maximum Gasteiger partial charge on any atom is 0.341 e. The number of Topliss-reactive ketones (excluding diaryl/α,β-unsaturated/α-hetero) is 2. The molecule has 0 radical (unpaired) electrons. The number of fused-ring (bicyclic) bond motifs is 1. The number of morpholine rings is 4. The van der Waals surface area contributed by atoms with Gasteiger partial charge in [0, 0.05) is 75.5 Å². The number of phenolic OH excluding ortho intramolecular Hbond substituents is 4. The Hall–Kier alpha value is -7.86. The van der Waals surface area contributed by atoms with E-state index < -0.39 is 41.8 Å². The minimum absolute atomic E-state index is 0. The first-order valence-corrected chi connectivity index (χ1v) is 39.7. The number of anilines is 1. The van der Waals surface area contributed by atoms with Crippen LogP contribution in [0.15, 0.2) is 135 Å². The Kier molecular flexibility index (Phi) is 49.3. The van der Waals surface area contributed by atoms with Gasteiger partial charge in [0.05, 0.1) is 147 Å². The van der Waals surface area contributed by atoms with Crippen molar-refractivity contribution >= 4 is 206 Å². The van der Waals surface area contributed by atoms with E-state index in [-0.39, 0.29) is 83.6 Å². The Morgan fingerprint density at radius 3 is 1.34 bits per heavy atom. The molecule has 0 saturated carbocycles. The van der Waals surface area contributed by atoms with E-state index in [0.29, 0.717) is 89.2 Å². The molecule has 0 unspecified atom stereocenters. The van der Waals surface area contributed by atoms with Crippen molar-refractivity contribution in [3.63, 3.8) is 0 Å². The summed E-state index contributed by atoms with van der Waals surface area (Å²) in [5.41, 5.74) is 2.01. The fourth-order valence-corrected chi connectivity index (χ4v) is 12.3. The number of phenols is 4. The Balaban J connectivity index is 0.000000446. The summed E-state index contributed by atoms with van der Waals surface area (Å²) in [6.45, 7) is 16.9. The number of nitrogens with one attached hydrogen (secondary N) is 1. The van der Waals surface area contributed by atoms with Gasteiger partial charge in [0.15, 0.2) is 41.6 Å². The number of carbonyl (C=O) groups is 9. The number of methoxy groups -OCH3 is 5. The zero-order valence-corrected chi connectivity index (χ0v) is 75.0. The van der Waals surface area contributed by atoms with Gasteiger partial charge < -0.3 is 105 Å². The van der Waals surface area contributed by atoms with Crippen molar-refractivity contribution in [3.8, 4) is 28.7 Å². The van der Waals surface area contributed by atoms with Gasteiger partial charge in [-0.2, -0.15) is 0 Å². The van der Waals surface area contributed by atoms with E-state index in [0.717, 1.165) is 89.3 Å². The van der Waals surface area contributed by atoms with E-state index in [1.807, 2.05) is 15.7 Å². The van der Waals surface area contributed by atoms with Crippen LogP contribution in [0.3, 0.4) is 0 Å². The van der Waals surface area contributed by atoms with E-state index in [9.17, 15) is 58.2 Å². The topological polar surface area (TPSA) is 399 Å². The van der Waals surface area contributed by atoms with E-state index in [1.54, 1.807) is 17.8 Å². The van der Waals surface area contributed by atoms with Crippen LogP contribution in [-0.2, 0) is 47.4 Å². The number of thioether (sulfide) groups is 1. The second-order valence-corrected chi connectivity index (χ2v) is 29.3. The van der Waals surface area contributed by atoms with Crippen LogP contribution in [-0.4, -0.2) is 244 Å². The number of carboxylic acids is 1. The lowest BCUT2D eigenvalue weighted by Crippen LogP contribution is -3.00. The van der Waals surface area contributed by atoms with Crippen molar-refractivity contribution in [1.82, 2.24) is 10.2 Å². The summed E-state index contributed by atoms with van der Waals surface area (Å²) in [6, 6.07) is 24.5. The van der Waals surface area contributed by atoms with Crippen molar-refractivity contribution in [2.45, 2.75) is 20.8 Å². The van der Waals surface area contributed by atoms with Crippen LogP contribution < -0.4 is 32.8 Å². The minimum Gasteiger partial charge on any atom is -1.00 e. The van der Waals surface area contributed by atoms with Crippen LogP contribution in [0.25, 0.3) is 11.0 Å². The molecule has 4 aliphatic heterocycles. The molecule has 626 valence electrons. The maximum atomic E-state index is 12.4. The molecule has 4 fully saturated rings. The number of ketones is 2. The Bertz CT molecular complexity index is 4550. The third-order valence-electron chi connectivity index (χ3n) is 14.9. The van der Waals surface area contributed by atoms with Gasteiger partial charge in [-0.3, -0.25) is 19.2 Å². The normalized spacial score (nSPS) is 13.0. The summed E-state index contributed by atoms with van der Waals surface area (Å²) in [4.78, 5) is 116. The molecular formula is C75H82Br5Cl3N4O26S2. The van der Waals surface area contributed by atoms with Crippen molar-refractivity contribution in [2.24, 2.45) is 0 Å². The molecule has 5 heterocycles. The second-order valence-electron chi connectivity index (χ2n) is 22.7. The number of aromatic hydroxyl groups is 4. The number of rotatable bonds is 10. The minimum atomic E-state index is -1.15. The first-order chi connectivity index (χ1) is 54.1. The predicted octanol–water partition coefficient (Wildman–Crippen LogP) is 10.1. The highest BCUT2D eigenvalue weighted by Crippen LogP contribution is 2.33. The number of aromatic carboxylic acids is 1. The van der Waals surface area contributed by atoms with E-state index in [2.05, 4.69) is 114 Å². The van der Waals surface area contributed by atoms with Crippen LogP contribution in [0.5, 0.6) is 28.7 Å². The van der Waals surface area contributed by atoms with Gasteiger partial charge >= 0.3 is 46.4 Å². The Morgan fingerprint density at radius 1 is 0.513 bits per heavy atom. The fourth-order valence-electron chi connectivity index (χ4n) is 9.05. The summed E-state index contributed by atoms with van der Waals surface area (Å²) < 4.78 is 59.2. The van der Waals surface area contributed by atoms with Gasteiger partial charge in [-0.25, -0.2) is 33.3 Å². The van der Waals surface area contributed by atoms with E-state index >= 15 is 0 Å². The number of nitrogens with zero attached hydrogens (tertiary/aromatic N) is 3. The van der Waals surface area contributed by atoms with Crippen molar-refractivity contribution in [1.29, 1.82) is 0 Å². The molecule has 0 spiro atoms. The average molecular weight is 2030 g/mol. The van der Waals surface area contributed by atoms with Crippen molar-refractivity contribution < 1.29 is 137 Å². The molecule has 0 aliphatic carbocycles. The van der Waals surface area contributed by atoms with Gasteiger partial charge in [0.25, 0.3) is 0 Å². The third kappa shape index (κ3) is 36.3. The lowest BCUT2D eigenvalue weighted by atomic mass is 10.1. The van der Waals surface area contributed by atoms with Crippen LogP contribution in [0, 0.1) is 0 Å². The number of esters is 6. The molecule has 11 rings (SSSR count). The molecule has 40 heteroatoms. The number of hydrogen-bond acceptors (Lipinski definition) is 29. The highest BCUT2D eigenvalue weighted by atomic mass is 79.9. The number of thiocarbonyl (C=S) groups is 1. The average Bonchev–Trinajstić information content (AvgIpc) is 0.780. The largest absolute Gasteiger partial charge is 1.00 e. The molecule has 30 nitrogen and oxygen atoms in total. The first kappa shape index (κ1) is 103. The molecule has 6 aromatic carbocycles. The molecule has 0 bridgehead atoms. The van der Waals surface area contributed by atoms with Gasteiger partial charge in [-0.15, -0.1) is 11.8 Å². The monoisotopic (exact) mass is 2020 g/mol. The summed E-state index contributed by atoms with van der Waals surface area (Å²) in [5.74, 6) is -3.87. The number of ether oxygens (including phenoxy) is 10. The number of carboxylic acid groups (broad SMARTS) is 1. The smallest absolute Gasteiger partial charge is 0.341 e. The molecule has 4 saturated heterocycles. The van der Waals surface area contributed by atoms with Crippen LogP contribution >= 0.6 is 127 Å². The summed E-state index contributed by atoms with van der Waals surface area (Å²) >= 11 is 33.4. The first-order valence-electron chi connectivity index (χ1n) is 33.4. The van der Waals surface area contributed by atoms with Crippen LogP contribution in [0.4, 0.5) is 5.88 Å². The standard InChI is InChI=1S/C15H14BrNO5.2C10H9BrO4.C9H7BrO4.C8H7BrO3.C8H8O3.C6H11NOS2.C5H8Cl2NO.C4H9NO.ClH/c1-20-15(19)9-6-10-12(18)8-13(17-2-4-21-5-3-17)22-14(10)11(16)7-9;1-5(12)7-3-6(10(14)15-2)4-8(11)9(7)13;1-6(12)15-9-4-3-7(5-8(9)11)10(13)14-2;1-4(11)6-2-5(9(13)14)3-7(10)8(6)12;1-12-8(11)5-2-3-7(10)6(9)4-5;1-11-8(10)6-2-4-7(9)5-3-6;1-10-6(9)7-2-4-8-5-3-7;6-5(7)8-1-3-9-4-2-8;1-3-6-4-2-5-1;/h6-8H,2-5H2,1H3;3-4,13H,1-2H3;3-5H,1-2H3;2-3,12H,1H3,(H,13,14);2-4,10H,1H3;2-5,9H,1H3;2-5H2,1H3;1-4H2;5H,1-4H2;1H/q;;;;;;;+1;;/p-1. The number of hydrogen-bond donors (Lipinski definition) is 6. The lowest BCUT2D eigenvalue weighted by molar-refractivity contribution is -0.545. The van der Waals surface area contributed by atoms with Gasteiger partial charge in [-0.05, 0) is 197 Å². The van der Waals surface area contributed by atoms with Gasteiger partial charge in [-0.1, -0.05) is 12.2 Å². The quantitative estimate of drug-likeness (QED) is 0.0185.